The summed E-state index contributed by atoms with van der Waals surface area (Å²) in [6.45, 7) is 2.29. The Bertz CT molecular complexity index is 1400. The van der Waals surface area contributed by atoms with Crippen molar-refractivity contribution in [3.63, 3.8) is 0 Å². The summed E-state index contributed by atoms with van der Waals surface area (Å²) >= 11 is 0. The number of aliphatic hydroxyl groups excluding tert-OH is 2. The summed E-state index contributed by atoms with van der Waals surface area (Å²) < 4.78 is 32.8. The summed E-state index contributed by atoms with van der Waals surface area (Å²) in [6, 6.07) is 0. The Hall–Kier alpha value is -2.79. The van der Waals surface area contributed by atoms with E-state index in [0.29, 0.717) is 12.8 Å². The highest BCUT2D eigenvalue weighted by Crippen LogP contribution is 2.43. The third-order valence-corrected chi connectivity index (χ3v) is 11.4. The second-order valence-corrected chi connectivity index (χ2v) is 18.0. The Morgan fingerprint density at radius 1 is 0.476 bits per heavy atom. The van der Waals surface area contributed by atoms with Crippen molar-refractivity contribution in [1.82, 2.24) is 0 Å². The van der Waals surface area contributed by atoms with E-state index in [1.165, 1.54) is 89.9 Å². The summed E-state index contributed by atoms with van der Waals surface area (Å²) in [7, 11) is -4.64. The van der Waals surface area contributed by atoms with E-state index in [-0.39, 0.29) is 19.4 Å². The van der Waals surface area contributed by atoms with E-state index in [0.717, 1.165) is 103 Å². The summed E-state index contributed by atoms with van der Waals surface area (Å²) in [5.41, 5.74) is 0. The minimum absolute atomic E-state index is 0.142. The second-order valence-electron chi connectivity index (χ2n) is 16.6. The number of phosphoric ester groups is 1. The van der Waals surface area contributed by atoms with Crippen LogP contribution in [0.15, 0.2) is 0 Å². The lowest BCUT2D eigenvalue weighted by atomic mass is 10.1. The van der Waals surface area contributed by atoms with Crippen LogP contribution in [0.3, 0.4) is 0 Å². The molecule has 0 amide bonds. The van der Waals surface area contributed by atoms with Crippen molar-refractivity contribution in [2.24, 2.45) is 0 Å². The van der Waals surface area contributed by atoms with Crippen LogP contribution in [-0.2, 0) is 32.7 Å². The molecule has 360 valence electrons. The average Bonchev–Trinajstić information content (AvgIpc) is 3.27. The maximum Gasteiger partial charge on any atom is 0.472 e. The van der Waals surface area contributed by atoms with Gasteiger partial charge in [0.05, 0.1) is 19.8 Å². The first-order chi connectivity index (χ1) is 30.7. The number of carbonyl (C=O) groups excluding carboxylic acids is 2. The molecule has 3 atom stereocenters. The maximum absolute atomic E-state index is 12.7. The largest absolute Gasteiger partial charge is 0.472 e. The molecule has 63 heavy (non-hydrogen) atoms. The van der Waals surface area contributed by atoms with Gasteiger partial charge in [-0.3, -0.25) is 18.6 Å². The highest BCUT2D eigenvalue weighted by Gasteiger charge is 2.27. The Morgan fingerprint density at radius 2 is 0.810 bits per heavy atom. The van der Waals surface area contributed by atoms with Crippen LogP contribution >= 0.6 is 7.82 Å². The standard InChI is InChI=1S/C52H87O10P/c1-3-5-7-9-11-13-15-17-19-21-23-25-27-29-31-33-35-37-39-41-43-51(55)59-47-50(48-61-63(57,58)60-46-49(54)45-53)62-52(56)44-42-40-38-36-34-32-30-28-26-24-22-20-18-16-14-12-10-8-6-4-2/h49-50,53-54H,3-20,29-48H2,1-2H3,(H,57,58)/t49?,50-/m1/s1. The van der Waals surface area contributed by atoms with Crippen molar-refractivity contribution in [2.75, 3.05) is 26.4 Å². The first-order valence-electron chi connectivity index (χ1n) is 24.9. The fourth-order valence-corrected chi connectivity index (χ4v) is 7.36. The fourth-order valence-electron chi connectivity index (χ4n) is 6.57. The minimum Gasteiger partial charge on any atom is -0.462 e. The third kappa shape index (κ3) is 47.0. The van der Waals surface area contributed by atoms with Crippen molar-refractivity contribution in [2.45, 2.75) is 244 Å². The predicted molar refractivity (Wildman–Crippen MR) is 255 cm³/mol. The number of hydrogen-bond donors (Lipinski definition) is 3. The van der Waals surface area contributed by atoms with Gasteiger partial charge >= 0.3 is 19.8 Å². The number of ether oxygens (including phenoxy) is 2. The van der Waals surface area contributed by atoms with E-state index in [1.54, 1.807) is 0 Å². The zero-order valence-electron chi connectivity index (χ0n) is 39.7. The van der Waals surface area contributed by atoms with Gasteiger partial charge in [-0.25, -0.2) is 4.57 Å². The number of hydrogen-bond acceptors (Lipinski definition) is 9. The maximum atomic E-state index is 12.7. The number of unbranched alkanes of at least 4 members (excludes halogenated alkanes) is 28. The SMILES string of the molecule is CCCCCCCCCCC#CC#CCCCCCCCCC(=O)OC[C@H](COP(=O)(O)OCC(O)CO)OC(=O)CCCCCCCCC#CC#CCCCCCCCCCC. The van der Waals surface area contributed by atoms with Crippen molar-refractivity contribution in [3.05, 3.63) is 0 Å². The van der Waals surface area contributed by atoms with Gasteiger partial charge in [-0.1, -0.05) is 179 Å². The van der Waals surface area contributed by atoms with Crippen LogP contribution in [0.2, 0.25) is 0 Å². The zero-order chi connectivity index (χ0) is 46.2. The molecule has 0 aromatic heterocycles. The Labute approximate surface area is 384 Å². The summed E-state index contributed by atoms with van der Waals surface area (Å²) in [6.07, 6.45) is 33.4. The molecule has 0 aliphatic rings. The van der Waals surface area contributed by atoms with E-state index in [9.17, 15) is 24.2 Å². The zero-order valence-corrected chi connectivity index (χ0v) is 40.6. The first-order valence-corrected chi connectivity index (χ1v) is 26.4. The van der Waals surface area contributed by atoms with Crippen LogP contribution in [0.4, 0.5) is 0 Å². The molecular formula is C52H87O10P. The first kappa shape index (κ1) is 60.2. The van der Waals surface area contributed by atoms with Gasteiger partial charge in [-0.15, -0.1) is 0 Å². The third-order valence-electron chi connectivity index (χ3n) is 10.4. The van der Waals surface area contributed by atoms with Crippen LogP contribution in [0.1, 0.15) is 232 Å². The van der Waals surface area contributed by atoms with Crippen molar-refractivity contribution >= 4 is 19.8 Å². The monoisotopic (exact) mass is 903 g/mol. The Morgan fingerprint density at radius 3 is 1.19 bits per heavy atom. The molecule has 0 spiro atoms. The molecule has 0 bridgehead atoms. The number of rotatable bonds is 42. The van der Waals surface area contributed by atoms with Crippen LogP contribution in [0.5, 0.6) is 0 Å². The molecule has 0 saturated heterocycles. The van der Waals surface area contributed by atoms with E-state index in [1.807, 2.05) is 0 Å². The second kappa shape index (κ2) is 47.2. The molecule has 0 aliphatic heterocycles. The quantitative estimate of drug-likeness (QED) is 0.0234. The van der Waals surface area contributed by atoms with E-state index < -0.39 is 51.8 Å². The molecule has 11 heteroatoms. The molecule has 0 rings (SSSR count). The van der Waals surface area contributed by atoms with Crippen molar-refractivity contribution < 1.29 is 47.8 Å². The van der Waals surface area contributed by atoms with Gasteiger partial charge in [0.15, 0.2) is 6.10 Å². The van der Waals surface area contributed by atoms with Crippen molar-refractivity contribution in [1.29, 1.82) is 0 Å². The summed E-state index contributed by atoms with van der Waals surface area (Å²) in [5.74, 6) is 23.5. The van der Waals surface area contributed by atoms with E-state index in [4.69, 9.17) is 23.6 Å². The molecule has 0 radical (unpaired) electrons. The van der Waals surface area contributed by atoms with Crippen molar-refractivity contribution in [3.8, 4) is 47.4 Å². The smallest absolute Gasteiger partial charge is 0.462 e. The molecule has 0 saturated carbocycles. The molecule has 0 aromatic carbocycles. The molecule has 10 nitrogen and oxygen atoms in total. The number of aliphatic hydroxyl groups is 2. The molecular weight excluding hydrogens is 816 g/mol. The Balaban J connectivity index is 4.30. The normalized spacial score (nSPS) is 12.5. The fraction of sp³-hybridized carbons (Fsp3) is 0.808. The average molecular weight is 903 g/mol. The Kier molecular flexibility index (Phi) is 45.1. The number of carbonyl (C=O) groups is 2. The lowest BCUT2D eigenvalue weighted by Gasteiger charge is -2.20. The lowest BCUT2D eigenvalue weighted by molar-refractivity contribution is -0.161. The topological polar surface area (TPSA) is 149 Å². The molecule has 3 N–H and O–H groups in total. The predicted octanol–water partition coefficient (Wildman–Crippen LogP) is 12.2. The van der Waals surface area contributed by atoms with Crippen LogP contribution < -0.4 is 0 Å². The molecule has 2 unspecified atom stereocenters. The van der Waals surface area contributed by atoms with Gasteiger partial charge in [0.1, 0.15) is 12.7 Å². The molecule has 0 fully saturated rings. The molecule has 0 heterocycles. The summed E-state index contributed by atoms with van der Waals surface area (Å²) in [4.78, 5) is 35.1. The summed E-state index contributed by atoms with van der Waals surface area (Å²) in [5, 5.41) is 18.4. The van der Waals surface area contributed by atoms with Crippen LogP contribution in [0.25, 0.3) is 0 Å². The van der Waals surface area contributed by atoms with Crippen LogP contribution in [-0.4, -0.2) is 65.7 Å². The number of phosphoric acid groups is 1. The van der Waals surface area contributed by atoms with Crippen LogP contribution in [0, 0.1) is 47.4 Å². The minimum atomic E-state index is -4.64. The van der Waals surface area contributed by atoms with Gasteiger partial charge in [0.2, 0.25) is 0 Å². The number of esters is 2. The highest BCUT2D eigenvalue weighted by atomic mass is 31.2. The lowest BCUT2D eigenvalue weighted by Crippen LogP contribution is -2.29. The molecule has 0 aliphatic carbocycles. The molecule has 0 aromatic rings. The van der Waals surface area contributed by atoms with Gasteiger partial charge in [-0.2, -0.15) is 0 Å². The highest BCUT2D eigenvalue weighted by molar-refractivity contribution is 7.47. The van der Waals surface area contributed by atoms with Gasteiger partial charge < -0.3 is 24.6 Å². The van der Waals surface area contributed by atoms with Gasteiger partial charge in [0, 0.05) is 38.5 Å². The van der Waals surface area contributed by atoms with E-state index >= 15 is 0 Å². The van der Waals surface area contributed by atoms with Gasteiger partial charge in [0.25, 0.3) is 0 Å². The van der Waals surface area contributed by atoms with E-state index in [2.05, 4.69) is 61.2 Å². The van der Waals surface area contributed by atoms with Gasteiger partial charge in [-0.05, 0) is 62.2 Å².